The molecule has 2 aromatic carbocycles. The third-order valence-corrected chi connectivity index (χ3v) is 4.95. The van der Waals surface area contributed by atoms with E-state index in [-0.39, 0.29) is 12.4 Å². The lowest BCUT2D eigenvalue weighted by Crippen LogP contribution is -3.06. The normalized spacial score (nSPS) is 14.0. The van der Waals surface area contributed by atoms with Crippen LogP contribution in [0.25, 0.3) is 11.0 Å². The first-order chi connectivity index (χ1) is 12.5. The molecule has 5 nitrogen and oxygen atoms in total. The van der Waals surface area contributed by atoms with Gasteiger partial charge in [-0.2, -0.15) is 0 Å². The van der Waals surface area contributed by atoms with Crippen molar-refractivity contribution in [1.82, 2.24) is 0 Å². The molecule has 1 aliphatic rings. The van der Waals surface area contributed by atoms with Gasteiger partial charge in [0.1, 0.15) is 18.7 Å². The van der Waals surface area contributed by atoms with E-state index < -0.39 is 0 Å². The SMILES string of the molecule is Cc1ccc2c(C[NH+](C)Cc3ccc4c(c3)OCO4)cc(=O)oc2c1C. The molecule has 1 aromatic heterocycles. The highest BCUT2D eigenvalue weighted by molar-refractivity contribution is 5.83. The molecule has 0 saturated carbocycles. The van der Waals surface area contributed by atoms with Gasteiger partial charge in [-0.05, 0) is 43.2 Å². The standard InChI is InChI=1S/C21H21NO4/c1-13-4-6-17-16(9-20(23)26-21(17)14(13)2)11-22(3)10-15-5-7-18-19(8-15)25-12-24-18/h4-9H,10-12H2,1-3H3/p+1. The maximum atomic E-state index is 12.0. The van der Waals surface area contributed by atoms with Crippen molar-refractivity contribution < 1.29 is 18.8 Å². The quantitative estimate of drug-likeness (QED) is 0.733. The van der Waals surface area contributed by atoms with Crippen molar-refractivity contribution in [1.29, 1.82) is 0 Å². The van der Waals surface area contributed by atoms with E-state index in [0.717, 1.165) is 46.7 Å². The number of benzene rings is 2. The Labute approximate surface area is 151 Å². The average molecular weight is 352 g/mol. The molecule has 3 aromatic rings. The molecule has 0 fully saturated rings. The van der Waals surface area contributed by atoms with Gasteiger partial charge in [0.05, 0.1) is 7.05 Å². The first-order valence-corrected chi connectivity index (χ1v) is 8.74. The molecule has 134 valence electrons. The van der Waals surface area contributed by atoms with Crippen LogP contribution in [-0.2, 0) is 13.1 Å². The fourth-order valence-electron chi connectivity index (χ4n) is 3.46. The minimum atomic E-state index is -0.294. The van der Waals surface area contributed by atoms with E-state index in [1.54, 1.807) is 6.07 Å². The Hall–Kier alpha value is -2.79. The number of hydrogen-bond acceptors (Lipinski definition) is 4. The lowest BCUT2D eigenvalue weighted by Gasteiger charge is -2.16. The van der Waals surface area contributed by atoms with Crippen molar-refractivity contribution >= 4 is 11.0 Å². The third kappa shape index (κ3) is 3.06. The Bertz CT molecular complexity index is 1040. The van der Waals surface area contributed by atoms with Crippen LogP contribution in [0.15, 0.2) is 45.6 Å². The van der Waals surface area contributed by atoms with Gasteiger partial charge in [0.2, 0.25) is 6.79 Å². The summed E-state index contributed by atoms with van der Waals surface area (Å²) in [6.45, 7) is 5.86. The molecule has 4 rings (SSSR count). The van der Waals surface area contributed by atoms with Crippen LogP contribution >= 0.6 is 0 Å². The Morgan fingerprint density at radius 3 is 2.65 bits per heavy atom. The molecular weight excluding hydrogens is 330 g/mol. The van der Waals surface area contributed by atoms with Crippen LogP contribution in [0.2, 0.25) is 0 Å². The molecule has 0 spiro atoms. The number of quaternary nitrogens is 1. The molecule has 0 aliphatic carbocycles. The molecule has 0 radical (unpaired) electrons. The molecule has 0 amide bonds. The third-order valence-electron chi connectivity index (χ3n) is 4.95. The van der Waals surface area contributed by atoms with Crippen molar-refractivity contribution in [2.75, 3.05) is 13.8 Å². The predicted molar refractivity (Wildman–Crippen MR) is 98.8 cm³/mol. The van der Waals surface area contributed by atoms with Crippen LogP contribution in [-0.4, -0.2) is 13.8 Å². The van der Waals surface area contributed by atoms with Crippen molar-refractivity contribution in [3.8, 4) is 11.5 Å². The van der Waals surface area contributed by atoms with Crippen LogP contribution in [0.5, 0.6) is 11.5 Å². The number of fused-ring (bicyclic) bond motifs is 2. The maximum absolute atomic E-state index is 12.0. The maximum Gasteiger partial charge on any atom is 0.336 e. The van der Waals surface area contributed by atoms with Crippen molar-refractivity contribution in [2.45, 2.75) is 26.9 Å². The van der Waals surface area contributed by atoms with Gasteiger partial charge in [0, 0.05) is 22.6 Å². The molecule has 1 aliphatic heterocycles. The highest BCUT2D eigenvalue weighted by Gasteiger charge is 2.16. The highest BCUT2D eigenvalue weighted by atomic mass is 16.7. The molecule has 26 heavy (non-hydrogen) atoms. The average Bonchev–Trinajstić information content (AvgIpc) is 3.06. The summed E-state index contributed by atoms with van der Waals surface area (Å²) in [6.07, 6.45) is 0. The summed E-state index contributed by atoms with van der Waals surface area (Å²) in [5, 5.41) is 1.01. The molecule has 1 unspecified atom stereocenters. The van der Waals surface area contributed by atoms with E-state index in [1.807, 2.05) is 32.0 Å². The fourth-order valence-corrected chi connectivity index (χ4v) is 3.46. The van der Waals surface area contributed by atoms with Crippen LogP contribution in [0.1, 0.15) is 22.3 Å². The molecule has 0 bridgehead atoms. The van der Waals surface area contributed by atoms with Gasteiger partial charge in [-0.1, -0.05) is 12.1 Å². The Morgan fingerprint density at radius 2 is 1.81 bits per heavy atom. The molecular formula is C21H22NO4+. The van der Waals surface area contributed by atoms with Gasteiger partial charge in [0.25, 0.3) is 0 Å². The molecule has 2 heterocycles. The number of rotatable bonds is 4. The van der Waals surface area contributed by atoms with Gasteiger partial charge in [-0.15, -0.1) is 0 Å². The smallest absolute Gasteiger partial charge is 0.336 e. The lowest BCUT2D eigenvalue weighted by atomic mass is 10.0. The van der Waals surface area contributed by atoms with Crippen molar-refractivity contribution in [3.63, 3.8) is 0 Å². The van der Waals surface area contributed by atoms with Crippen LogP contribution < -0.4 is 20.0 Å². The largest absolute Gasteiger partial charge is 0.454 e. The molecule has 0 saturated heterocycles. The molecule has 5 heteroatoms. The zero-order chi connectivity index (χ0) is 18.3. The van der Waals surface area contributed by atoms with Gasteiger partial charge >= 0.3 is 5.63 Å². The van der Waals surface area contributed by atoms with Crippen molar-refractivity contribution in [2.24, 2.45) is 0 Å². The lowest BCUT2D eigenvalue weighted by molar-refractivity contribution is -0.907. The van der Waals surface area contributed by atoms with Crippen molar-refractivity contribution in [3.05, 3.63) is 69.1 Å². The van der Waals surface area contributed by atoms with E-state index in [4.69, 9.17) is 13.9 Å². The number of hydrogen-bond donors (Lipinski definition) is 1. The highest BCUT2D eigenvalue weighted by Crippen LogP contribution is 2.32. The van der Waals surface area contributed by atoms with E-state index >= 15 is 0 Å². The Kier molecular flexibility index (Phi) is 4.17. The first kappa shape index (κ1) is 16.7. The van der Waals surface area contributed by atoms with E-state index in [1.165, 1.54) is 10.5 Å². The van der Waals surface area contributed by atoms with Gasteiger partial charge in [-0.3, -0.25) is 0 Å². The number of ether oxygens (including phenoxy) is 2. The fraction of sp³-hybridized carbons (Fsp3) is 0.286. The van der Waals surface area contributed by atoms with Crippen LogP contribution in [0, 0.1) is 13.8 Å². The van der Waals surface area contributed by atoms with Crippen LogP contribution in [0.4, 0.5) is 0 Å². The number of aryl methyl sites for hydroxylation is 2. The van der Waals surface area contributed by atoms with E-state index in [2.05, 4.69) is 19.2 Å². The Balaban J connectivity index is 1.60. The van der Waals surface area contributed by atoms with E-state index in [9.17, 15) is 4.79 Å². The van der Waals surface area contributed by atoms with Gasteiger partial charge in [-0.25, -0.2) is 4.79 Å². The summed E-state index contributed by atoms with van der Waals surface area (Å²) in [4.78, 5) is 13.3. The van der Waals surface area contributed by atoms with Crippen LogP contribution in [0.3, 0.4) is 0 Å². The summed E-state index contributed by atoms with van der Waals surface area (Å²) in [5.74, 6) is 1.59. The zero-order valence-corrected chi connectivity index (χ0v) is 15.2. The monoisotopic (exact) mass is 352 g/mol. The first-order valence-electron chi connectivity index (χ1n) is 8.74. The summed E-state index contributed by atoms with van der Waals surface area (Å²) >= 11 is 0. The molecule has 1 atom stereocenters. The van der Waals surface area contributed by atoms with Gasteiger partial charge in [0.15, 0.2) is 11.5 Å². The predicted octanol–water partition coefficient (Wildman–Crippen LogP) is 2.35. The summed E-state index contributed by atoms with van der Waals surface area (Å²) in [7, 11) is 2.12. The minimum absolute atomic E-state index is 0.284. The second kappa shape index (κ2) is 6.50. The second-order valence-electron chi connectivity index (χ2n) is 6.97. The molecule has 1 N–H and O–H groups in total. The van der Waals surface area contributed by atoms with E-state index in [0.29, 0.717) is 5.58 Å². The Morgan fingerprint density at radius 1 is 1.00 bits per heavy atom. The summed E-state index contributed by atoms with van der Waals surface area (Å²) in [5.41, 5.74) is 4.73. The number of nitrogens with one attached hydrogen (secondary N) is 1. The second-order valence-corrected chi connectivity index (χ2v) is 6.97. The summed E-state index contributed by atoms with van der Waals surface area (Å²) in [6, 6.07) is 11.8. The summed E-state index contributed by atoms with van der Waals surface area (Å²) < 4.78 is 16.3. The zero-order valence-electron chi connectivity index (χ0n) is 15.2. The minimum Gasteiger partial charge on any atom is -0.454 e. The van der Waals surface area contributed by atoms with Gasteiger partial charge < -0.3 is 18.8 Å². The topological polar surface area (TPSA) is 53.1 Å².